The lowest BCUT2D eigenvalue weighted by atomic mass is 10.1. The van der Waals surface area contributed by atoms with E-state index in [0.29, 0.717) is 24.7 Å². The van der Waals surface area contributed by atoms with E-state index in [-0.39, 0.29) is 5.91 Å². The molecule has 0 saturated carbocycles. The smallest absolute Gasteiger partial charge is 0.270 e. The van der Waals surface area contributed by atoms with Crippen LogP contribution in [-0.4, -0.2) is 20.9 Å². The van der Waals surface area contributed by atoms with Crippen molar-refractivity contribution in [2.24, 2.45) is 0 Å². The van der Waals surface area contributed by atoms with Gasteiger partial charge in [-0.2, -0.15) is 0 Å². The molecule has 0 fully saturated rings. The minimum absolute atomic E-state index is 0.149. The van der Waals surface area contributed by atoms with Crippen LogP contribution in [0.15, 0.2) is 54.9 Å². The summed E-state index contributed by atoms with van der Waals surface area (Å²) < 4.78 is 0. The standard InChI is InChI=1S/C18H15N5O/c24-17-16-14(10-20-17)11-22-18(23-16)21-9-12-6-7-15(19-8-12)13-4-2-1-3-5-13/h1-8,11H,9-10H2,(H,20,24)(H,21,22,23). The van der Waals surface area contributed by atoms with E-state index in [9.17, 15) is 4.79 Å². The quantitative estimate of drug-likeness (QED) is 0.772. The maximum absolute atomic E-state index is 11.6. The van der Waals surface area contributed by atoms with Gasteiger partial charge in [0, 0.05) is 36.6 Å². The number of aromatic nitrogens is 3. The van der Waals surface area contributed by atoms with Gasteiger partial charge in [0.15, 0.2) is 0 Å². The molecule has 6 heteroatoms. The highest BCUT2D eigenvalue weighted by Gasteiger charge is 2.21. The lowest BCUT2D eigenvalue weighted by Gasteiger charge is -2.06. The van der Waals surface area contributed by atoms with E-state index in [4.69, 9.17) is 0 Å². The highest BCUT2D eigenvalue weighted by atomic mass is 16.2. The molecule has 2 aromatic heterocycles. The second kappa shape index (κ2) is 6.08. The highest BCUT2D eigenvalue weighted by Crippen LogP contribution is 2.17. The van der Waals surface area contributed by atoms with Crippen molar-refractivity contribution in [3.8, 4) is 11.3 Å². The number of rotatable bonds is 4. The number of fused-ring (bicyclic) bond motifs is 1. The van der Waals surface area contributed by atoms with E-state index in [1.54, 1.807) is 6.20 Å². The highest BCUT2D eigenvalue weighted by molar-refractivity contribution is 5.96. The Morgan fingerprint density at radius 2 is 1.92 bits per heavy atom. The first-order chi connectivity index (χ1) is 11.8. The molecule has 0 atom stereocenters. The Morgan fingerprint density at radius 1 is 1.04 bits per heavy atom. The second-order valence-electron chi connectivity index (χ2n) is 5.52. The fourth-order valence-corrected chi connectivity index (χ4v) is 2.57. The Bertz CT molecular complexity index is 878. The molecule has 6 nitrogen and oxygen atoms in total. The number of hydrogen-bond acceptors (Lipinski definition) is 5. The number of pyridine rings is 1. The van der Waals surface area contributed by atoms with Crippen LogP contribution in [0, 0.1) is 0 Å². The van der Waals surface area contributed by atoms with Gasteiger partial charge in [-0.05, 0) is 11.6 Å². The number of amides is 1. The second-order valence-corrected chi connectivity index (χ2v) is 5.52. The Morgan fingerprint density at radius 3 is 2.71 bits per heavy atom. The average molecular weight is 317 g/mol. The van der Waals surface area contributed by atoms with Crippen molar-refractivity contribution in [3.63, 3.8) is 0 Å². The molecule has 3 heterocycles. The molecule has 3 aromatic rings. The first-order valence-corrected chi connectivity index (χ1v) is 7.68. The normalized spacial score (nSPS) is 12.6. The zero-order chi connectivity index (χ0) is 16.4. The molecule has 1 amide bonds. The molecule has 0 saturated heterocycles. The van der Waals surface area contributed by atoms with Crippen molar-refractivity contribution in [2.75, 3.05) is 5.32 Å². The molecule has 4 rings (SSSR count). The predicted octanol–water partition coefficient (Wildman–Crippen LogP) is 2.39. The van der Waals surface area contributed by atoms with Gasteiger partial charge in [0.1, 0.15) is 5.69 Å². The Labute approximate surface area is 139 Å². The van der Waals surface area contributed by atoms with E-state index >= 15 is 0 Å². The van der Waals surface area contributed by atoms with Crippen LogP contribution >= 0.6 is 0 Å². The largest absolute Gasteiger partial charge is 0.350 e. The van der Waals surface area contributed by atoms with Gasteiger partial charge in [-0.25, -0.2) is 9.97 Å². The molecule has 1 aromatic carbocycles. The summed E-state index contributed by atoms with van der Waals surface area (Å²) in [4.78, 5) is 24.6. The molecule has 2 N–H and O–H groups in total. The summed E-state index contributed by atoms with van der Waals surface area (Å²) in [6.45, 7) is 1.04. The fourth-order valence-electron chi connectivity index (χ4n) is 2.57. The van der Waals surface area contributed by atoms with Gasteiger partial charge in [-0.1, -0.05) is 36.4 Å². The average Bonchev–Trinajstić information content (AvgIpc) is 3.02. The summed E-state index contributed by atoms with van der Waals surface area (Å²) >= 11 is 0. The van der Waals surface area contributed by atoms with Crippen LogP contribution in [0.5, 0.6) is 0 Å². The third-order valence-electron chi connectivity index (χ3n) is 3.86. The van der Waals surface area contributed by atoms with Crippen molar-refractivity contribution in [1.82, 2.24) is 20.3 Å². The molecule has 0 bridgehead atoms. The number of benzene rings is 1. The van der Waals surface area contributed by atoms with E-state index < -0.39 is 0 Å². The van der Waals surface area contributed by atoms with Crippen molar-refractivity contribution >= 4 is 11.9 Å². The van der Waals surface area contributed by atoms with Crippen molar-refractivity contribution in [3.05, 3.63) is 71.7 Å². The molecule has 1 aliphatic rings. The van der Waals surface area contributed by atoms with Gasteiger partial charge in [0.25, 0.3) is 5.91 Å². The van der Waals surface area contributed by atoms with Crippen LogP contribution < -0.4 is 10.6 Å². The molecule has 0 unspecified atom stereocenters. The Hall–Kier alpha value is -3.28. The van der Waals surface area contributed by atoms with Crippen LogP contribution in [0.25, 0.3) is 11.3 Å². The van der Waals surface area contributed by atoms with Gasteiger partial charge in [0.05, 0.1) is 5.69 Å². The van der Waals surface area contributed by atoms with Crippen molar-refractivity contribution < 1.29 is 4.79 Å². The number of anilines is 1. The third-order valence-corrected chi connectivity index (χ3v) is 3.86. The molecule has 1 aliphatic heterocycles. The summed E-state index contributed by atoms with van der Waals surface area (Å²) in [7, 11) is 0. The maximum Gasteiger partial charge on any atom is 0.270 e. The summed E-state index contributed by atoms with van der Waals surface area (Å²) in [5, 5.41) is 5.86. The first kappa shape index (κ1) is 14.3. The Balaban J connectivity index is 1.45. The molecular weight excluding hydrogens is 302 g/mol. The van der Waals surface area contributed by atoms with Crippen molar-refractivity contribution in [1.29, 1.82) is 0 Å². The summed E-state index contributed by atoms with van der Waals surface area (Å²) in [6, 6.07) is 14.0. The minimum atomic E-state index is -0.149. The summed E-state index contributed by atoms with van der Waals surface area (Å²) in [5.74, 6) is 0.294. The SMILES string of the molecule is O=C1NCc2cnc(NCc3ccc(-c4ccccc4)nc3)nc21. The molecular formula is C18H15N5O. The lowest BCUT2D eigenvalue weighted by Crippen LogP contribution is -2.14. The number of nitrogens with one attached hydrogen (secondary N) is 2. The van der Waals surface area contributed by atoms with Gasteiger partial charge in [0.2, 0.25) is 5.95 Å². The Kier molecular flexibility index (Phi) is 3.63. The number of carbonyl (C=O) groups excluding carboxylic acids is 1. The number of nitrogens with zero attached hydrogens (tertiary/aromatic N) is 3. The zero-order valence-electron chi connectivity index (χ0n) is 12.9. The van der Waals surface area contributed by atoms with Crippen molar-refractivity contribution in [2.45, 2.75) is 13.1 Å². The van der Waals surface area contributed by atoms with Crippen LogP contribution in [0.3, 0.4) is 0 Å². The van der Waals surface area contributed by atoms with Gasteiger partial charge in [-0.15, -0.1) is 0 Å². The fraction of sp³-hybridized carbons (Fsp3) is 0.111. The molecule has 0 radical (unpaired) electrons. The van der Waals surface area contributed by atoms with Crippen LogP contribution in [0.4, 0.5) is 5.95 Å². The maximum atomic E-state index is 11.6. The first-order valence-electron chi connectivity index (χ1n) is 7.68. The van der Waals surface area contributed by atoms with E-state index in [1.807, 2.05) is 48.7 Å². The van der Waals surface area contributed by atoms with E-state index in [1.165, 1.54) is 0 Å². The molecule has 118 valence electrons. The van der Waals surface area contributed by atoms with Gasteiger partial charge in [-0.3, -0.25) is 9.78 Å². The zero-order valence-corrected chi connectivity index (χ0v) is 12.9. The minimum Gasteiger partial charge on any atom is -0.350 e. The van der Waals surface area contributed by atoms with E-state index in [0.717, 1.165) is 22.4 Å². The van der Waals surface area contributed by atoms with Crippen LogP contribution in [0.1, 0.15) is 21.6 Å². The lowest BCUT2D eigenvalue weighted by molar-refractivity contribution is 0.0961. The monoisotopic (exact) mass is 317 g/mol. The van der Waals surface area contributed by atoms with Gasteiger partial charge >= 0.3 is 0 Å². The number of carbonyl (C=O) groups is 1. The van der Waals surface area contributed by atoms with Crippen LogP contribution in [-0.2, 0) is 13.1 Å². The molecule has 0 aliphatic carbocycles. The summed E-state index contributed by atoms with van der Waals surface area (Å²) in [5.41, 5.74) is 4.32. The van der Waals surface area contributed by atoms with Crippen LogP contribution in [0.2, 0.25) is 0 Å². The topological polar surface area (TPSA) is 79.8 Å². The molecule has 0 spiro atoms. The third kappa shape index (κ3) is 2.81. The predicted molar refractivity (Wildman–Crippen MR) is 90.2 cm³/mol. The van der Waals surface area contributed by atoms with Gasteiger partial charge < -0.3 is 10.6 Å². The number of hydrogen-bond donors (Lipinski definition) is 2. The molecule has 24 heavy (non-hydrogen) atoms. The van der Waals surface area contributed by atoms with E-state index in [2.05, 4.69) is 25.6 Å². The summed E-state index contributed by atoms with van der Waals surface area (Å²) in [6.07, 6.45) is 3.51.